The van der Waals surface area contributed by atoms with Gasteiger partial charge in [-0.2, -0.15) is 10.8 Å². The van der Waals surface area contributed by atoms with Gasteiger partial charge in [-0.05, 0) is 12.1 Å². The average molecular weight is 521 g/mol. The molecule has 0 bridgehead atoms. The van der Waals surface area contributed by atoms with Gasteiger partial charge in [0.2, 0.25) is 0 Å². The summed E-state index contributed by atoms with van der Waals surface area (Å²) in [6.45, 7) is 20.0. The molecule has 0 aromatic carbocycles. The standard InChI is InChI=1S/C5H5N.2C5H11.BrH.2O.Re/c1-2-4-6-5-3-1;2*1-5(2,3)4;;;;/h1-5H;2*1H2,2-4H3;1H;;;/q;2*-1;;;;. The first-order chi connectivity index (χ1) is 8.41. The molecular formula is C15H28BrNO2Re-2. The second-order valence-electron chi connectivity index (χ2n) is 6.21. The van der Waals surface area contributed by atoms with Gasteiger partial charge in [-0.25, -0.2) is 0 Å². The first-order valence-electron chi connectivity index (χ1n) is 5.87. The molecule has 0 spiro atoms. The summed E-state index contributed by atoms with van der Waals surface area (Å²) in [5.41, 5.74) is 0.500. The Hall–Kier alpha value is -0.108. The molecule has 0 saturated carbocycles. The maximum Gasteiger partial charge on any atom is 0.0267 e. The van der Waals surface area contributed by atoms with Crippen LogP contribution in [0.15, 0.2) is 30.6 Å². The molecule has 0 fully saturated rings. The Bertz CT molecular complexity index is 262. The van der Waals surface area contributed by atoms with E-state index in [-0.39, 0.29) is 27.8 Å². The molecule has 1 heterocycles. The van der Waals surface area contributed by atoms with Crippen LogP contribution in [0.4, 0.5) is 0 Å². The zero-order valence-electron chi connectivity index (χ0n) is 13.4. The second-order valence-corrected chi connectivity index (χ2v) is 6.66. The van der Waals surface area contributed by atoms with Gasteiger partial charge in [0.05, 0.1) is 0 Å². The molecule has 0 N–H and O–H groups in total. The van der Waals surface area contributed by atoms with E-state index < -0.39 is 17.9 Å². The van der Waals surface area contributed by atoms with Crippen LogP contribution in [0.5, 0.6) is 0 Å². The number of hydrogen-bond acceptors (Lipinski definition) is 3. The van der Waals surface area contributed by atoms with Crippen LogP contribution in [0.1, 0.15) is 41.5 Å². The molecule has 1 aromatic heterocycles. The molecule has 0 unspecified atom stereocenters. The van der Waals surface area contributed by atoms with Gasteiger partial charge >= 0.3 is 24.8 Å². The van der Waals surface area contributed by atoms with Gasteiger partial charge in [-0.15, -0.1) is 17.0 Å². The third-order valence-corrected chi connectivity index (χ3v) is 0.566. The zero-order chi connectivity index (χ0) is 15.9. The monoisotopic (exact) mass is 520 g/mol. The van der Waals surface area contributed by atoms with Crippen LogP contribution in [0.25, 0.3) is 0 Å². The molecule has 0 aliphatic rings. The molecule has 0 saturated heterocycles. The summed E-state index contributed by atoms with van der Waals surface area (Å²) in [6.07, 6.45) is 3.50. The van der Waals surface area contributed by atoms with Crippen LogP contribution in [0.2, 0.25) is 0 Å². The van der Waals surface area contributed by atoms with Crippen molar-refractivity contribution >= 4 is 17.0 Å². The molecular weight excluding hydrogens is 492 g/mol. The van der Waals surface area contributed by atoms with Crippen molar-refractivity contribution in [2.45, 2.75) is 41.5 Å². The zero-order valence-corrected chi connectivity index (χ0v) is 17.8. The smallest absolute Gasteiger partial charge is 0.0267 e. The maximum atomic E-state index is 8.53. The normalized spacial score (nSPS) is 9.00. The Morgan fingerprint density at radius 3 is 1.05 bits per heavy atom. The number of hydrogen-bond donors (Lipinski definition) is 0. The number of aromatic nitrogens is 1. The summed E-state index contributed by atoms with van der Waals surface area (Å²) in [6, 6.07) is 5.72. The van der Waals surface area contributed by atoms with Gasteiger partial charge in [-0.1, -0.05) is 47.6 Å². The minimum Gasteiger partial charge on any atom is -0.265 e. The van der Waals surface area contributed by atoms with E-state index in [4.69, 9.17) is 6.94 Å². The predicted octanol–water partition coefficient (Wildman–Crippen LogP) is 5.15. The van der Waals surface area contributed by atoms with E-state index in [0.29, 0.717) is 0 Å². The van der Waals surface area contributed by atoms with Crippen LogP contribution in [0, 0.1) is 24.7 Å². The Labute approximate surface area is 143 Å². The third-order valence-electron chi connectivity index (χ3n) is 0.566. The SMILES string of the molecule is Br.[CH2-]C(C)(C)C.[CH2-]C(C)(C)C.[O]=[Re]=[O].c1ccncc1. The van der Waals surface area contributed by atoms with Gasteiger partial charge in [0.25, 0.3) is 0 Å². The molecule has 5 heteroatoms. The van der Waals surface area contributed by atoms with E-state index in [2.05, 4.69) is 60.4 Å². The van der Waals surface area contributed by atoms with Gasteiger partial charge in [0.15, 0.2) is 0 Å². The maximum absolute atomic E-state index is 8.53. The van der Waals surface area contributed by atoms with Crippen LogP contribution in [0.3, 0.4) is 0 Å². The van der Waals surface area contributed by atoms with Crippen molar-refractivity contribution in [3.05, 3.63) is 44.4 Å². The molecule has 0 aliphatic heterocycles. The summed E-state index contributed by atoms with van der Waals surface area (Å²) < 4.78 is 17.1. The number of halogens is 1. The van der Waals surface area contributed by atoms with Crippen LogP contribution in [-0.4, -0.2) is 4.98 Å². The van der Waals surface area contributed by atoms with E-state index in [1.54, 1.807) is 12.4 Å². The quantitative estimate of drug-likeness (QED) is 0.445. The number of rotatable bonds is 0. The van der Waals surface area contributed by atoms with E-state index in [1.807, 2.05) is 18.2 Å². The first kappa shape index (κ1) is 28.1. The largest absolute Gasteiger partial charge is 0.265 e. The van der Waals surface area contributed by atoms with Crippen LogP contribution >= 0.6 is 17.0 Å². The van der Waals surface area contributed by atoms with Crippen molar-refractivity contribution in [2.75, 3.05) is 0 Å². The second kappa shape index (κ2) is 16.9. The van der Waals surface area contributed by atoms with Crippen molar-refractivity contribution in [1.29, 1.82) is 0 Å². The van der Waals surface area contributed by atoms with Gasteiger partial charge in [-0.3, -0.25) is 4.98 Å². The summed E-state index contributed by atoms with van der Waals surface area (Å²) in [5, 5.41) is 0. The minimum absolute atomic E-state index is 0. The Balaban J connectivity index is -0.0000000864. The van der Waals surface area contributed by atoms with Crippen molar-refractivity contribution in [3.8, 4) is 0 Å². The molecule has 3 nitrogen and oxygen atoms in total. The number of nitrogens with zero attached hydrogens (tertiary/aromatic N) is 1. The van der Waals surface area contributed by atoms with Crippen LogP contribution in [-0.2, 0) is 24.8 Å². The first-order valence-corrected chi connectivity index (χ1v) is 8.08. The molecule has 1 rings (SSSR count). The Kier molecular flexibility index (Phi) is 23.8. The molecule has 0 aliphatic carbocycles. The molecule has 20 heavy (non-hydrogen) atoms. The molecule has 121 valence electrons. The topological polar surface area (TPSA) is 47.0 Å². The van der Waals surface area contributed by atoms with E-state index >= 15 is 0 Å². The Morgan fingerprint density at radius 2 is 1.00 bits per heavy atom. The van der Waals surface area contributed by atoms with Gasteiger partial charge < -0.3 is 13.8 Å². The summed E-state index contributed by atoms with van der Waals surface area (Å²) in [7, 11) is 0. The molecule has 0 radical (unpaired) electrons. The van der Waals surface area contributed by atoms with Crippen molar-refractivity contribution < 1.29 is 24.8 Å². The number of pyridine rings is 1. The fourth-order valence-corrected chi connectivity index (χ4v) is 0.313. The van der Waals surface area contributed by atoms with Crippen LogP contribution < -0.4 is 0 Å². The van der Waals surface area contributed by atoms with Crippen molar-refractivity contribution in [1.82, 2.24) is 4.98 Å². The summed E-state index contributed by atoms with van der Waals surface area (Å²) in [5.74, 6) is 0. The predicted molar refractivity (Wildman–Crippen MR) is 85.6 cm³/mol. The minimum atomic E-state index is -2.17. The van der Waals surface area contributed by atoms with Crippen molar-refractivity contribution in [2.24, 2.45) is 10.8 Å². The van der Waals surface area contributed by atoms with Crippen molar-refractivity contribution in [3.63, 3.8) is 0 Å². The summed E-state index contributed by atoms with van der Waals surface area (Å²) >= 11 is -2.17. The van der Waals surface area contributed by atoms with E-state index in [9.17, 15) is 0 Å². The fourth-order valence-electron chi connectivity index (χ4n) is 0.313. The van der Waals surface area contributed by atoms with E-state index in [0.717, 1.165) is 0 Å². The fraction of sp³-hybridized carbons (Fsp3) is 0.533. The van der Waals surface area contributed by atoms with Gasteiger partial charge in [0, 0.05) is 12.4 Å². The van der Waals surface area contributed by atoms with Gasteiger partial charge in [0.1, 0.15) is 0 Å². The van der Waals surface area contributed by atoms with E-state index in [1.165, 1.54) is 0 Å². The Morgan fingerprint density at radius 1 is 0.800 bits per heavy atom. The molecule has 0 amide bonds. The average Bonchev–Trinajstić information content (AvgIpc) is 2.16. The third kappa shape index (κ3) is 147. The molecule has 0 atom stereocenters. The summed E-state index contributed by atoms with van der Waals surface area (Å²) in [4.78, 5) is 3.78. The molecule has 1 aromatic rings.